The standard InChI is InChI=1S/C12H16F3N5O2/c13-12(14,15)10(7-1-2-9(19-16)17-5-7)20-4-3-8(6-20)18-11(21)22/h1-2,5,8,10,18H,3-4,6,16H2,(H,17,19)(H,21,22)/t8-,10+/m0/s1. The van der Waals surface area contributed by atoms with Crippen LogP contribution in [-0.2, 0) is 0 Å². The second-order valence-corrected chi connectivity index (χ2v) is 5.00. The predicted octanol–water partition coefficient (Wildman–Crippen LogP) is 1.31. The van der Waals surface area contributed by atoms with Crippen LogP contribution in [0.5, 0.6) is 0 Å². The average molecular weight is 319 g/mol. The number of likely N-dealkylation sites (tertiary alicyclic amines) is 1. The van der Waals surface area contributed by atoms with E-state index in [4.69, 9.17) is 10.9 Å². The van der Waals surface area contributed by atoms with Crippen LogP contribution in [0.25, 0.3) is 0 Å². The van der Waals surface area contributed by atoms with Gasteiger partial charge in [-0.2, -0.15) is 13.2 Å². The first kappa shape index (κ1) is 16.3. The van der Waals surface area contributed by atoms with Crippen molar-refractivity contribution in [2.45, 2.75) is 24.7 Å². The zero-order chi connectivity index (χ0) is 16.3. The molecule has 1 fully saturated rings. The maximum atomic E-state index is 13.4. The maximum absolute atomic E-state index is 13.4. The van der Waals surface area contributed by atoms with Gasteiger partial charge >= 0.3 is 12.3 Å². The number of nitrogens with zero attached hydrogens (tertiary/aromatic N) is 2. The number of hydrazine groups is 1. The lowest BCUT2D eigenvalue weighted by molar-refractivity contribution is -0.183. The third-order valence-corrected chi connectivity index (χ3v) is 3.47. The Morgan fingerprint density at radius 3 is 2.73 bits per heavy atom. The molecule has 0 spiro atoms. The van der Waals surface area contributed by atoms with E-state index in [1.54, 1.807) is 0 Å². The van der Waals surface area contributed by atoms with Crippen molar-refractivity contribution in [3.8, 4) is 0 Å². The number of amides is 1. The van der Waals surface area contributed by atoms with Crippen LogP contribution in [0.1, 0.15) is 18.0 Å². The summed E-state index contributed by atoms with van der Waals surface area (Å²) in [6.07, 6.45) is -4.28. The Bertz CT molecular complexity index is 522. The molecule has 1 aromatic rings. The van der Waals surface area contributed by atoms with Crippen molar-refractivity contribution in [1.29, 1.82) is 0 Å². The fourth-order valence-electron chi connectivity index (χ4n) is 2.57. The lowest BCUT2D eigenvalue weighted by atomic mass is 10.1. The van der Waals surface area contributed by atoms with E-state index in [0.29, 0.717) is 6.42 Å². The maximum Gasteiger partial charge on any atom is 0.408 e. The van der Waals surface area contributed by atoms with Crippen LogP contribution in [0.2, 0.25) is 0 Å². The molecule has 2 atom stereocenters. The second kappa shape index (κ2) is 6.36. The average Bonchev–Trinajstić information content (AvgIpc) is 2.85. The van der Waals surface area contributed by atoms with Crippen molar-refractivity contribution in [2.75, 3.05) is 18.5 Å². The molecule has 7 nitrogen and oxygen atoms in total. The van der Waals surface area contributed by atoms with Gasteiger partial charge in [0.2, 0.25) is 0 Å². The summed E-state index contributed by atoms with van der Waals surface area (Å²) in [4.78, 5) is 15.6. The zero-order valence-electron chi connectivity index (χ0n) is 11.5. The van der Waals surface area contributed by atoms with E-state index in [-0.39, 0.29) is 24.5 Å². The molecule has 0 bridgehead atoms. The highest BCUT2D eigenvalue weighted by Gasteiger charge is 2.47. The van der Waals surface area contributed by atoms with Gasteiger partial charge in [-0.25, -0.2) is 15.6 Å². The van der Waals surface area contributed by atoms with Crippen molar-refractivity contribution in [3.05, 3.63) is 23.9 Å². The Kier molecular flexibility index (Phi) is 4.71. The predicted molar refractivity (Wildman–Crippen MR) is 72.0 cm³/mol. The van der Waals surface area contributed by atoms with Crippen LogP contribution in [0.3, 0.4) is 0 Å². The van der Waals surface area contributed by atoms with E-state index in [2.05, 4.69) is 15.7 Å². The van der Waals surface area contributed by atoms with E-state index in [1.165, 1.54) is 17.0 Å². The fraction of sp³-hybridized carbons (Fsp3) is 0.500. The molecule has 0 saturated carbocycles. The van der Waals surface area contributed by atoms with Gasteiger partial charge in [0.25, 0.3) is 0 Å². The van der Waals surface area contributed by atoms with Gasteiger partial charge in [-0.05, 0) is 18.1 Å². The SMILES string of the molecule is NNc1ccc([C@@H](N2CC[C@H](NC(=O)O)C2)C(F)(F)F)cn1. The number of carboxylic acid groups (broad SMARTS) is 1. The normalized spacial score (nSPS) is 20.6. The zero-order valence-corrected chi connectivity index (χ0v) is 11.5. The summed E-state index contributed by atoms with van der Waals surface area (Å²) in [7, 11) is 0. The number of nitrogen functional groups attached to an aromatic ring is 1. The summed E-state index contributed by atoms with van der Waals surface area (Å²) >= 11 is 0. The molecule has 10 heteroatoms. The van der Waals surface area contributed by atoms with Crippen molar-refractivity contribution >= 4 is 11.9 Å². The molecule has 0 radical (unpaired) electrons. The minimum absolute atomic E-state index is 0.00658. The minimum Gasteiger partial charge on any atom is -0.465 e. The second-order valence-electron chi connectivity index (χ2n) is 5.00. The number of rotatable bonds is 4. The van der Waals surface area contributed by atoms with Gasteiger partial charge in [0.15, 0.2) is 0 Å². The summed E-state index contributed by atoms with van der Waals surface area (Å²) in [6.45, 7) is 0.138. The third-order valence-electron chi connectivity index (χ3n) is 3.47. The number of hydrogen-bond acceptors (Lipinski definition) is 5. The molecule has 0 aliphatic carbocycles. The number of aromatic nitrogens is 1. The molecule has 1 aliphatic rings. The Labute approximate surface area is 124 Å². The van der Waals surface area contributed by atoms with E-state index in [1.807, 2.05) is 0 Å². The minimum atomic E-state index is -4.49. The van der Waals surface area contributed by atoms with Crippen LogP contribution >= 0.6 is 0 Å². The summed E-state index contributed by atoms with van der Waals surface area (Å²) in [5, 5.41) is 10.9. The van der Waals surface area contributed by atoms with Gasteiger partial charge in [0.1, 0.15) is 11.9 Å². The Morgan fingerprint density at radius 1 is 1.50 bits per heavy atom. The van der Waals surface area contributed by atoms with Crippen molar-refractivity contribution in [3.63, 3.8) is 0 Å². The molecule has 1 aromatic heterocycles. The Balaban J connectivity index is 2.18. The number of carbonyl (C=O) groups is 1. The molecule has 5 N–H and O–H groups in total. The largest absolute Gasteiger partial charge is 0.465 e. The summed E-state index contributed by atoms with van der Waals surface area (Å²) in [5.41, 5.74) is 2.24. The van der Waals surface area contributed by atoms with Crippen LogP contribution < -0.4 is 16.6 Å². The molecule has 1 aliphatic heterocycles. The molecule has 122 valence electrons. The molecule has 0 aromatic carbocycles. The number of halogens is 3. The van der Waals surface area contributed by atoms with Gasteiger partial charge in [0, 0.05) is 25.3 Å². The molecule has 0 unspecified atom stereocenters. The Hall–Kier alpha value is -2.07. The van der Waals surface area contributed by atoms with E-state index in [0.717, 1.165) is 6.20 Å². The van der Waals surface area contributed by atoms with E-state index < -0.39 is 24.4 Å². The van der Waals surface area contributed by atoms with Gasteiger partial charge in [-0.1, -0.05) is 6.07 Å². The first-order chi connectivity index (χ1) is 10.3. The first-order valence-corrected chi connectivity index (χ1v) is 6.54. The molecule has 1 amide bonds. The van der Waals surface area contributed by atoms with Crippen LogP contribution in [0.15, 0.2) is 18.3 Å². The lowest BCUT2D eigenvalue weighted by Gasteiger charge is -2.30. The third kappa shape index (κ3) is 3.77. The number of nitrogens with two attached hydrogens (primary N) is 1. The van der Waals surface area contributed by atoms with Gasteiger partial charge in [-0.15, -0.1) is 0 Å². The number of anilines is 1. The van der Waals surface area contributed by atoms with E-state index in [9.17, 15) is 18.0 Å². The summed E-state index contributed by atoms with van der Waals surface area (Å²) in [6, 6.07) is 0.322. The summed E-state index contributed by atoms with van der Waals surface area (Å²) < 4.78 is 40.1. The summed E-state index contributed by atoms with van der Waals surface area (Å²) in [5.74, 6) is 5.40. The molecule has 2 heterocycles. The van der Waals surface area contributed by atoms with Crippen molar-refractivity contribution < 1.29 is 23.1 Å². The van der Waals surface area contributed by atoms with Crippen LogP contribution in [0, 0.1) is 0 Å². The first-order valence-electron chi connectivity index (χ1n) is 6.54. The van der Waals surface area contributed by atoms with Gasteiger partial charge in [-0.3, -0.25) is 4.90 Å². The van der Waals surface area contributed by atoms with Gasteiger partial charge in [0.05, 0.1) is 0 Å². The van der Waals surface area contributed by atoms with Crippen LogP contribution in [0.4, 0.5) is 23.8 Å². The number of pyridine rings is 1. The quantitative estimate of drug-likeness (QED) is 0.493. The van der Waals surface area contributed by atoms with Crippen LogP contribution in [-0.4, -0.2) is 46.4 Å². The topological polar surface area (TPSA) is 104 Å². The molecular weight excluding hydrogens is 303 g/mol. The fourth-order valence-corrected chi connectivity index (χ4v) is 2.57. The van der Waals surface area contributed by atoms with Crippen molar-refractivity contribution in [2.24, 2.45) is 5.84 Å². The monoisotopic (exact) mass is 319 g/mol. The van der Waals surface area contributed by atoms with Gasteiger partial charge < -0.3 is 15.8 Å². The molecule has 1 saturated heterocycles. The molecule has 22 heavy (non-hydrogen) atoms. The van der Waals surface area contributed by atoms with E-state index >= 15 is 0 Å². The highest BCUT2D eigenvalue weighted by molar-refractivity contribution is 5.64. The Morgan fingerprint density at radius 2 is 2.23 bits per heavy atom. The smallest absolute Gasteiger partial charge is 0.408 e. The lowest BCUT2D eigenvalue weighted by Crippen LogP contribution is -2.40. The highest BCUT2D eigenvalue weighted by atomic mass is 19.4. The number of hydrogen-bond donors (Lipinski definition) is 4. The molecular formula is C12H16F3N5O2. The number of alkyl halides is 3. The number of nitrogens with one attached hydrogen (secondary N) is 2. The highest BCUT2D eigenvalue weighted by Crippen LogP contribution is 2.39. The van der Waals surface area contributed by atoms with Crippen molar-refractivity contribution in [1.82, 2.24) is 15.2 Å². The molecule has 2 rings (SSSR count).